The second-order valence-electron chi connectivity index (χ2n) is 9.42. The molecule has 1 aromatic rings. The molecule has 1 atom stereocenters. The van der Waals surface area contributed by atoms with Crippen LogP contribution in [-0.4, -0.2) is 92.3 Å². The Morgan fingerprint density at radius 3 is 2.52 bits per heavy atom. The molecular formula is C26H31F2N7O5. The number of hydrazine groups is 1. The summed E-state index contributed by atoms with van der Waals surface area (Å²) in [5.41, 5.74) is 5.58. The predicted octanol–water partition coefficient (Wildman–Crippen LogP) is 0.377. The zero-order valence-corrected chi connectivity index (χ0v) is 22.0. The monoisotopic (exact) mass is 559 g/mol. The number of halogens is 2. The van der Waals surface area contributed by atoms with Crippen molar-refractivity contribution in [2.24, 2.45) is 5.73 Å². The van der Waals surface area contributed by atoms with E-state index in [4.69, 9.17) is 10.5 Å². The molecule has 0 aromatic heterocycles. The minimum absolute atomic E-state index is 0.00442. The largest absolute Gasteiger partial charge is 0.442 e. The van der Waals surface area contributed by atoms with E-state index in [2.05, 4.69) is 17.2 Å². The number of nitrogens with one attached hydrogen (secondary N) is 2. The highest BCUT2D eigenvalue weighted by molar-refractivity contribution is 5.96. The molecule has 4 N–H and O–H groups in total. The molecule has 4 rings (SSSR count). The molecule has 12 nitrogen and oxygen atoms in total. The summed E-state index contributed by atoms with van der Waals surface area (Å²) in [4.78, 5) is 50.9. The molecule has 0 saturated carbocycles. The average Bonchev–Trinajstić information content (AvgIpc) is 3.17. The van der Waals surface area contributed by atoms with E-state index in [-0.39, 0.29) is 68.7 Å². The number of fused-ring (bicyclic) bond motifs is 1. The molecule has 0 spiro atoms. The molecular weight excluding hydrogens is 528 g/mol. The fourth-order valence-corrected chi connectivity index (χ4v) is 4.63. The van der Waals surface area contributed by atoms with Crippen LogP contribution in [0.4, 0.5) is 25.0 Å². The number of allylic oxidation sites excluding steroid dienone is 1. The summed E-state index contributed by atoms with van der Waals surface area (Å²) in [5.74, 6) is -2.85. The first-order chi connectivity index (χ1) is 19.1. The summed E-state index contributed by atoms with van der Waals surface area (Å²) in [5, 5.41) is 8.37. The molecule has 40 heavy (non-hydrogen) atoms. The number of cyclic esters (lactones) is 1. The first-order valence-corrected chi connectivity index (χ1v) is 12.7. The van der Waals surface area contributed by atoms with Gasteiger partial charge in [-0.05, 0) is 12.2 Å². The van der Waals surface area contributed by atoms with Crippen molar-refractivity contribution in [1.82, 2.24) is 20.7 Å². The lowest BCUT2D eigenvalue weighted by Gasteiger charge is -2.31. The molecule has 1 aromatic carbocycles. The van der Waals surface area contributed by atoms with Gasteiger partial charge in [-0.3, -0.25) is 24.3 Å². The number of benzene rings is 1. The molecule has 0 radical (unpaired) electrons. The molecule has 0 bridgehead atoms. The number of anilines is 2. The van der Waals surface area contributed by atoms with Crippen molar-refractivity contribution in [2.75, 3.05) is 62.2 Å². The van der Waals surface area contributed by atoms with Crippen molar-refractivity contribution in [3.8, 4) is 0 Å². The van der Waals surface area contributed by atoms with E-state index in [1.54, 1.807) is 17.2 Å². The van der Waals surface area contributed by atoms with Crippen molar-refractivity contribution in [1.29, 1.82) is 0 Å². The third kappa shape index (κ3) is 6.46. The van der Waals surface area contributed by atoms with Crippen molar-refractivity contribution in [2.45, 2.75) is 13.0 Å². The van der Waals surface area contributed by atoms with E-state index >= 15 is 8.78 Å². The first-order valence-electron chi connectivity index (χ1n) is 12.7. The number of carbonyl (C=O) groups excluding carboxylic acids is 4. The number of hydrogen-bond acceptors (Lipinski definition) is 8. The molecule has 3 heterocycles. The molecule has 3 aliphatic heterocycles. The summed E-state index contributed by atoms with van der Waals surface area (Å²) in [6.45, 7) is 6.04. The third-order valence-corrected chi connectivity index (χ3v) is 6.56. The maximum Gasteiger partial charge on any atom is 0.414 e. The van der Waals surface area contributed by atoms with Crippen LogP contribution in [0.3, 0.4) is 0 Å². The zero-order chi connectivity index (χ0) is 29.0. The highest BCUT2D eigenvalue weighted by atomic mass is 19.1. The fraction of sp³-hybridized carbons (Fsp3) is 0.385. The van der Waals surface area contributed by atoms with Gasteiger partial charge in [0.05, 0.1) is 31.9 Å². The van der Waals surface area contributed by atoms with Crippen LogP contribution >= 0.6 is 0 Å². The second kappa shape index (κ2) is 12.3. The Morgan fingerprint density at radius 2 is 1.85 bits per heavy atom. The Kier molecular flexibility index (Phi) is 8.80. The Balaban J connectivity index is 1.49. The SMILES string of the molecule is C=C1/C=C(NC(=O)CN)\C=C/CN2CCN(c3c(F)cc(N4C[C@H](CNC(C)=O)OC4=O)cc3F)CCN2C1=O. The quantitative estimate of drug-likeness (QED) is 0.425. The minimum Gasteiger partial charge on any atom is -0.442 e. The minimum atomic E-state index is -0.868. The van der Waals surface area contributed by atoms with Gasteiger partial charge >= 0.3 is 6.09 Å². The van der Waals surface area contributed by atoms with E-state index in [1.807, 2.05) is 0 Å². The average molecular weight is 560 g/mol. The van der Waals surface area contributed by atoms with Crippen LogP contribution in [0.25, 0.3) is 0 Å². The number of carbonyl (C=O) groups is 4. The van der Waals surface area contributed by atoms with Crippen LogP contribution in [0, 0.1) is 11.6 Å². The number of hydrogen-bond donors (Lipinski definition) is 3. The second-order valence-corrected chi connectivity index (χ2v) is 9.42. The number of ether oxygens (including phenoxy) is 1. The molecule has 2 fully saturated rings. The Morgan fingerprint density at radius 1 is 1.15 bits per heavy atom. The topological polar surface area (TPSA) is 141 Å². The van der Waals surface area contributed by atoms with Gasteiger partial charge in [0.15, 0.2) is 11.6 Å². The number of rotatable bonds is 6. The predicted molar refractivity (Wildman–Crippen MR) is 142 cm³/mol. The van der Waals surface area contributed by atoms with Gasteiger partial charge in [0.25, 0.3) is 5.91 Å². The number of nitrogens with two attached hydrogens (primary N) is 1. The van der Waals surface area contributed by atoms with Gasteiger partial charge in [0, 0.05) is 56.5 Å². The van der Waals surface area contributed by atoms with Gasteiger partial charge in [-0.15, -0.1) is 0 Å². The smallest absolute Gasteiger partial charge is 0.414 e. The van der Waals surface area contributed by atoms with Crippen LogP contribution in [0.15, 0.2) is 48.2 Å². The van der Waals surface area contributed by atoms with Crippen molar-refractivity contribution < 1.29 is 32.7 Å². The summed E-state index contributed by atoms with van der Waals surface area (Å²) < 4.78 is 35.9. The van der Waals surface area contributed by atoms with Gasteiger partial charge in [0.2, 0.25) is 11.8 Å². The fourth-order valence-electron chi connectivity index (χ4n) is 4.63. The molecule has 0 unspecified atom stereocenters. The maximum absolute atomic E-state index is 15.3. The van der Waals surface area contributed by atoms with Gasteiger partial charge < -0.3 is 26.0 Å². The van der Waals surface area contributed by atoms with E-state index in [0.29, 0.717) is 12.2 Å². The third-order valence-electron chi connectivity index (χ3n) is 6.56. The number of nitrogens with zero attached hydrogens (tertiary/aromatic N) is 4. The lowest BCUT2D eigenvalue weighted by Crippen LogP contribution is -2.47. The first kappa shape index (κ1) is 28.7. The number of amides is 4. The summed E-state index contributed by atoms with van der Waals surface area (Å²) >= 11 is 0. The summed E-state index contributed by atoms with van der Waals surface area (Å²) in [6, 6.07) is 2.13. The normalized spacial score (nSPS) is 22.3. The highest BCUT2D eigenvalue weighted by Gasteiger charge is 2.34. The van der Waals surface area contributed by atoms with Gasteiger partial charge in [-0.2, -0.15) is 0 Å². The Bertz CT molecular complexity index is 1260. The van der Waals surface area contributed by atoms with Crippen LogP contribution in [0.1, 0.15) is 6.92 Å². The van der Waals surface area contributed by atoms with E-state index < -0.39 is 35.6 Å². The zero-order valence-electron chi connectivity index (χ0n) is 22.0. The van der Waals surface area contributed by atoms with Gasteiger partial charge in [-0.1, -0.05) is 12.7 Å². The summed E-state index contributed by atoms with van der Waals surface area (Å²) in [6.07, 6.45) is 3.42. The lowest BCUT2D eigenvalue weighted by molar-refractivity contribution is -0.142. The lowest BCUT2D eigenvalue weighted by atomic mass is 10.2. The molecule has 214 valence electrons. The van der Waals surface area contributed by atoms with E-state index in [1.165, 1.54) is 22.9 Å². The Hall–Kier alpha value is -4.30. The molecule has 3 aliphatic rings. The van der Waals surface area contributed by atoms with Crippen LogP contribution in [-0.2, 0) is 19.1 Å². The van der Waals surface area contributed by atoms with Crippen molar-refractivity contribution in [3.63, 3.8) is 0 Å². The van der Waals surface area contributed by atoms with Crippen LogP contribution < -0.4 is 26.2 Å². The van der Waals surface area contributed by atoms with Gasteiger partial charge in [-0.25, -0.2) is 18.6 Å². The molecule has 14 heteroatoms. The van der Waals surface area contributed by atoms with Crippen LogP contribution in [0.5, 0.6) is 0 Å². The molecule has 2 saturated heterocycles. The van der Waals surface area contributed by atoms with E-state index in [9.17, 15) is 19.2 Å². The standard InChI is InChI=1S/C26H31F2N7O5/c1-16-10-18(31-23(37)13-29)4-3-5-33-8-6-32(7-9-35(33)25(16)38)24-21(27)11-19(12-22(24)28)34-15-20(40-26(34)39)14-30-17(2)36/h3-4,10-12,20H,1,5-9,13-15,29H2,2H3,(H,30,36)(H,31,37)/b4-3-,18-10+/t20-/m0/s1. The molecule has 4 amide bonds. The van der Waals surface area contributed by atoms with Crippen molar-refractivity contribution in [3.05, 3.63) is 59.8 Å². The molecule has 0 aliphatic carbocycles. The van der Waals surface area contributed by atoms with Crippen LogP contribution in [0.2, 0.25) is 0 Å². The Labute approximate surface area is 229 Å². The highest BCUT2D eigenvalue weighted by Crippen LogP contribution is 2.31. The van der Waals surface area contributed by atoms with Gasteiger partial charge in [0.1, 0.15) is 11.8 Å². The maximum atomic E-state index is 15.3. The van der Waals surface area contributed by atoms with Crippen molar-refractivity contribution >= 4 is 35.2 Å². The van der Waals surface area contributed by atoms with E-state index in [0.717, 1.165) is 17.0 Å². The summed E-state index contributed by atoms with van der Waals surface area (Å²) in [7, 11) is 0.